The number of oxime groups is 1. The summed E-state index contributed by atoms with van der Waals surface area (Å²) in [6, 6.07) is 27.7. The smallest absolute Gasteiger partial charge is 0.254 e. The van der Waals surface area contributed by atoms with Gasteiger partial charge in [-0.15, -0.1) is 18.3 Å². The summed E-state index contributed by atoms with van der Waals surface area (Å²) in [4.78, 5) is 24.8. The minimum atomic E-state index is -1.50. The second-order valence-corrected chi connectivity index (χ2v) is 19.4. The molecule has 67 heavy (non-hydrogen) atoms. The van der Waals surface area contributed by atoms with Crippen LogP contribution in [0.25, 0.3) is 0 Å². The van der Waals surface area contributed by atoms with Crippen LogP contribution in [0.15, 0.2) is 119 Å². The van der Waals surface area contributed by atoms with Crippen LogP contribution >= 0.6 is 11.8 Å². The standard InChI is InChI=1S/C54H61N3O9S/c1-6-27-63-54-49(57(52(60)37-16-13-35(32-55)14-17-37)33-36-15-23-47-48(28-36)62-34-61-47)31-45(56-66-53(2,3)4)43-29-38(11-7-9-25-58)42(12-8-10-26-59)50(51(43)54)44-30-40(20-24-46(44)65-54)64-39-18-21-41(67-5)22-19-39/h6,13-24,28-30,38,42,49-51,58-59H,1,7-12,25-27,31,33-34H2,2-5H3. The van der Waals surface area contributed by atoms with Crippen LogP contribution in [-0.4, -0.2) is 77.0 Å². The number of hydrogen-bond donors (Lipinski definition) is 2. The summed E-state index contributed by atoms with van der Waals surface area (Å²) in [6.07, 6.45) is 10.8. The molecule has 4 aromatic carbocycles. The van der Waals surface area contributed by atoms with Crippen molar-refractivity contribution in [3.63, 3.8) is 0 Å². The fourth-order valence-electron chi connectivity index (χ4n) is 10.1. The molecule has 4 aliphatic rings. The molecule has 0 aromatic heterocycles. The highest BCUT2D eigenvalue weighted by molar-refractivity contribution is 7.98. The molecule has 0 saturated heterocycles. The Hall–Kier alpha value is -5.78. The Morgan fingerprint density at radius 1 is 0.940 bits per heavy atom. The summed E-state index contributed by atoms with van der Waals surface area (Å²) in [5.41, 5.74) is 3.54. The van der Waals surface area contributed by atoms with E-state index in [0.717, 1.165) is 47.3 Å². The van der Waals surface area contributed by atoms with E-state index in [9.17, 15) is 15.5 Å². The van der Waals surface area contributed by atoms with Crippen LogP contribution in [0.4, 0.5) is 0 Å². The van der Waals surface area contributed by atoms with Crippen molar-refractivity contribution < 1.29 is 43.5 Å². The fourth-order valence-corrected chi connectivity index (χ4v) is 10.5. The van der Waals surface area contributed by atoms with E-state index in [1.807, 2.05) is 86.5 Å². The van der Waals surface area contributed by atoms with Gasteiger partial charge in [-0.3, -0.25) is 4.79 Å². The first-order valence-electron chi connectivity index (χ1n) is 23.3. The van der Waals surface area contributed by atoms with Crippen LogP contribution < -0.4 is 18.9 Å². The summed E-state index contributed by atoms with van der Waals surface area (Å²) in [5, 5.41) is 34.8. The van der Waals surface area contributed by atoms with E-state index in [1.54, 1.807) is 42.1 Å². The molecule has 6 unspecified atom stereocenters. The van der Waals surface area contributed by atoms with Crippen LogP contribution in [0.2, 0.25) is 0 Å². The molecule has 0 spiro atoms. The third-order valence-corrected chi connectivity index (χ3v) is 13.8. The average Bonchev–Trinajstić information content (AvgIpc) is 3.81. The molecule has 1 fully saturated rings. The number of hydrogen-bond acceptors (Lipinski definition) is 12. The van der Waals surface area contributed by atoms with Gasteiger partial charge < -0.3 is 43.6 Å². The van der Waals surface area contributed by atoms with Gasteiger partial charge in [-0.25, -0.2) is 0 Å². The van der Waals surface area contributed by atoms with Crippen molar-refractivity contribution in [2.24, 2.45) is 22.9 Å². The third kappa shape index (κ3) is 10.4. The number of fused-ring (bicyclic) bond motifs is 3. The van der Waals surface area contributed by atoms with E-state index < -0.39 is 23.3 Å². The molecular weight excluding hydrogens is 867 g/mol. The molecule has 13 heteroatoms. The van der Waals surface area contributed by atoms with Crippen LogP contribution in [0.5, 0.6) is 28.7 Å². The molecule has 352 valence electrons. The van der Waals surface area contributed by atoms with E-state index >= 15 is 4.79 Å². The first-order chi connectivity index (χ1) is 32.5. The largest absolute Gasteiger partial charge is 0.459 e. The molecular formula is C54H61N3O9S. The normalized spacial score (nSPS) is 23.0. The van der Waals surface area contributed by atoms with E-state index in [1.165, 1.54) is 0 Å². The maximum absolute atomic E-state index is 15.5. The number of aliphatic hydroxyl groups excluding tert-OH is 2. The molecule has 0 bridgehead atoms. The number of amides is 1. The fraction of sp³-hybridized carbons (Fsp3) is 0.426. The molecule has 2 aliphatic carbocycles. The molecule has 1 amide bonds. The van der Waals surface area contributed by atoms with Crippen molar-refractivity contribution in [3.8, 4) is 34.8 Å². The Morgan fingerprint density at radius 3 is 2.36 bits per heavy atom. The lowest BCUT2D eigenvalue weighted by Crippen LogP contribution is -2.70. The van der Waals surface area contributed by atoms with Crippen molar-refractivity contribution in [1.29, 1.82) is 5.26 Å². The summed E-state index contributed by atoms with van der Waals surface area (Å²) >= 11 is 1.67. The summed E-state index contributed by atoms with van der Waals surface area (Å²) in [5.74, 6) is 0.666. The van der Waals surface area contributed by atoms with Crippen molar-refractivity contribution in [2.75, 3.05) is 32.9 Å². The Morgan fingerprint density at radius 2 is 1.66 bits per heavy atom. The predicted molar refractivity (Wildman–Crippen MR) is 258 cm³/mol. The summed E-state index contributed by atoms with van der Waals surface area (Å²) in [6.45, 7) is 10.5. The van der Waals surface area contributed by atoms with E-state index in [2.05, 4.69) is 24.8 Å². The van der Waals surface area contributed by atoms with Gasteiger partial charge in [-0.1, -0.05) is 36.2 Å². The van der Waals surface area contributed by atoms with Gasteiger partial charge in [-0.05, 0) is 155 Å². The van der Waals surface area contributed by atoms with Crippen molar-refractivity contribution in [1.82, 2.24) is 4.90 Å². The number of allylic oxidation sites excluding steroid dienone is 1. The number of nitrogens with zero attached hydrogens (tertiary/aromatic N) is 3. The zero-order valence-electron chi connectivity index (χ0n) is 38.8. The lowest BCUT2D eigenvalue weighted by Gasteiger charge is -2.60. The Labute approximate surface area is 398 Å². The second kappa shape index (κ2) is 21.0. The molecule has 1 saturated carbocycles. The van der Waals surface area contributed by atoms with Gasteiger partial charge >= 0.3 is 0 Å². The van der Waals surface area contributed by atoms with Crippen molar-refractivity contribution >= 4 is 23.4 Å². The van der Waals surface area contributed by atoms with E-state index in [0.29, 0.717) is 58.4 Å². The topological polar surface area (TPSA) is 152 Å². The van der Waals surface area contributed by atoms with Gasteiger partial charge in [0.2, 0.25) is 12.6 Å². The molecule has 12 nitrogen and oxygen atoms in total. The van der Waals surface area contributed by atoms with Gasteiger partial charge in [0.05, 0.1) is 29.9 Å². The van der Waals surface area contributed by atoms with Gasteiger partial charge in [0.15, 0.2) is 11.5 Å². The number of ether oxygens (including phenoxy) is 5. The van der Waals surface area contributed by atoms with Crippen LogP contribution in [-0.2, 0) is 16.1 Å². The van der Waals surface area contributed by atoms with Gasteiger partial charge in [0.1, 0.15) is 28.9 Å². The van der Waals surface area contributed by atoms with Crippen LogP contribution in [0.3, 0.4) is 0 Å². The highest BCUT2D eigenvalue weighted by Gasteiger charge is 2.65. The minimum Gasteiger partial charge on any atom is -0.459 e. The number of nitriles is 1. The first kappa shape index (κ1) is 47.7. The number of carbonyl (C=O) groups excluding carboxylic acids is 1. The highest BCUT2D eigenvalue weighted by Crippen LogP contribution is 2.62. The molecule has 2 aliphatic heterocycles. The first-order valence-corrected chi connectivity index (χ1v) is 24.5. The lowest BCUT2D eigenvalue weighted by molar-refractivity contribution is -0.255. The number of unbranched alkanes of at least 4 members (excludes halogenated alkanes) is 2. The number of aliphatic hydroxyl groups is 2. The van der Waals surface area contributed by atoms with Crippen molar-refractivity contribution in [3.05, 3.63) is 131 Å². The number of rotatable bonds is 19. The Kier molecular flexibility index (Phi) is 15.0. The predicted octanol–water partition coefficient (Wildman–Crippen LogP) is 10.6. The molecule has 0 radical (unpaired) electrons. The summed E-state index contributed by atoms with van der Waals surface area (Å²) < 4.78 is 32.8. The monoisotopic (exact) mass is 927 g/mol. The Balaban J connectivity index is 1.36. The highest BCUT2D eigenvalue weighted by atomic mass is 32.2. The van der Waals surface area contributed by atoms with Gasteiger partial charge in [0, 0.05) is 48.1 Å². The maximum Gasteiger partial charge on any atom is 0.254 e. The van der Waals surface area contributed by atoms with Crippen LogP contribution in [0, 0.1) is 29.1 Å². The molecule has 6 atom stereocenters. The number of benzene rings is 4. The molecule has 2 N–H and O–H groups in total. The summed E-state index contributed by atoms with van der Waals surface area (Å²) in [7, 11) is 0. The average molecular weight is 928 g/mol. The zero-order valence-corrected chi connectivity index (χ0v) is 39.6. The molecule has 2 heterocycles. The van der Waals surface area contributed by atoms with Crippen LogP contribution in [0.1, 0.15) is 98.7 Å². The number of thioether (sulfide) groups is 1. The maximum atomic E-state index is 15.5. The zero-order chi connectivity index (χ0) is 47.1. The Bertz CT molecular complexity index is 2500. The molecule has 8 rings (SSSR count). The van der Waals surface area contributed by atoms with E-state index in [-0.39, 0.29) is 63.2 Å². The minimum absolute atomic E-state index is 0.0181. The molecule has 4 aromatic rings. The number of carbonyl (C=O) groups is 1. The lowest BCUT2D eigenvalue weighted by atomic mass is 9.55. The van der Waals surface area contributed by atoms with Gasteiger partial charge in [-0.2, -0.15) is 5.26 Å². The van der Waals surface area contributed by atoms with E-state index in [4.69, 9.17) is 33.7 Å². The quantitative estimate of drug-likeness (QED) is 0.0400. The third-order valence-electron chi connectivity index (χ3n) is 13.1. The van der Waals surface area contributed by atoms with Crippen molar-refractivity contribution in [2.45, 2.75) is 101 Å². The van der Waals surface area contributed by atoms with Gasteiger partial charge in [0.25, 0.3) is 5.91 Å². The second-order valence-electron chi connectivity index (χ2n) is 18.6. The SMILES string of the molecule is C=CCOC12Oc3ccc(Oc4ccc(SC)cc4)cc3C3C(CCCCO)C(CCCCO)C=C(C(=NOC(C)(C)C)CC1N(Cc1ccc4c(c1)OCO4)C(=O)c1ccc(C#N)cc1)C32.